The molecule has 0 radical (unpaired) electrons. The van der Waals surface area contributed by atoms with Crippen LogP contribution in [-0.2, 0) is 9.59 Å². The number of nitrogens with zero attached hydrogens (tertiary/aromatic N) is 2. The molecule has 5 nitrogen and oxygen atoms in total. The maximum atomic E-state index is 13.5. The molecular formula is C30H31N3O2S. The fourth-order valence-corrected chi connectivity index (χ4v) is 5.99. The number of hydrogen-bond donors (Lipinski definition) is 1. The van der Waals surface area contributed by atoms with Gasteiger partial charge in [-0.1, -0.05) is 78.0 Å². The molecule has 0 spiro atoms. The summed E-state index contributed by atoms with van der Waals surface area (Å²) >= 11 is 1.41. The molecule has 3 aromatic carbocycles. The molecular weight excluding hydrogens is 466 g/mol. The molecule has 1 atom stereocenters. The first-order valence-corrected chi connectivity index (χ1v) is 13.5. The highest BCUT2D eigenvalue weighted by Gasteiger charge is 2.39. The van der Waals surface area contributed by atoms with Crippen LogP contribution in [0.5, 0.6) is 0 Å². The number of para-hydroxylation sites is 1. The van der Waals surface area contributed by atoms with E-state index in [9.17, 15) is 9.59 Å². The van der Waals surface area contributed by atoms with E-state index in [4.69, 9.17) is 4.99 Å². The minimum absolute atomic E-state index is 0.0307. The van der Waals surface area contributed by atoms with Gasteiger partial charge >= 0.3 is 0 Å². The van der Waals surface area contributed by atoms with Gasteiger partial charge in [0.15, 0.2) is 5.17 Å². The van der Waals surface area contributed by atoms with E-state index in [1.165, 1.54) is 30.2 Å². The molecule has 0 saturated carbocycles. The average molecular weight is 498 g/mol. The Balaban J connectivity index is 1.34. The zero-order valence-electron chi connectivity index (χ0n) is 20.6. The van der Waals surface area contributed by atoms with Gasteiger partial charge in [-0.3, -0.25) is 14.5 Å². The van der Waals surface area contributed by atoms with Crippen LogP contribution in [0.1, 0.15) is 44.1 Å². The second kappa shape index (κ2) is 11.1. The molecule has 2 aliphatic rings. The number of aliphatic imine (C=N–C) groups is 1. The highest BCUT2D eigenvalue weighted by atomic mass is 32.2. The molecule has 1 saturated heterocycles. The van der Waals surface area contributed by atoms with Crippen LogP contribution >= 0.6 is 11.8 Å². The van der Waals surface area contributed by atoms with E-state index >= 15 is 0 Å². The predicted molar refractivity (Wildman–Crippen MR) is 150 cm³/mol. The Bertz CT molecular complexity index is 1340. The van der Waals surface area contributed by atoms with Crippen molar-refractivity contribution in [1.29, 1.82) is 0 Å². The molecule has 1 aliphatic carbocycles. The summed E-state index contributed by atoms with van der Waals surface area (Å²) in [6, 6.07) is 21.8. The SMILES string of the molecule is Cc1ccccc1N=C1SC(CC(=O)Nc2cccc3ccccc23)C(=O)N1CCC1=CCCCC1. The average Bonchev–Trinajstić information content (AvgIpc) is 3.18. The van der Waals surface area contributed by atoms with Gasteiger partial charge in [-0.15, -0.1) is 0 Å². The van der Waals surface area contributed by atoms with Crippen LogP contribution in [0.25, 0.3) is 10.8 Å². The Morgan fingerprint density at radius 1 is 1.06 bits per heavy atom. The Labute approximate surface area is 216 Å². The number of aryl methyl sites for hydroxylation is 1. The van der Waals surface area contributed by atoms with Crippen molar-refractivity contribution in [1.82, 2.24) is 4.90 Å². The number of amides is 2. The van der Waals surface area contributed by atoms with Crippen molar-refractivity contribution in [2.75, 3.05) is 11.9 Å². The fraction of sp³-hybridized carbons (Fsp3) is 0.300. The van der Waals surface area contributed by atoms with E-state index in [2.05, 4.69) is 11.4 Å². The van der Waals surface area contributed by atoms with E-state index in [1.54, 1.807) is 4.90 Å². The van der Waals surface area contributed by atoms with Gasteiger partial charge in [0.1, 0.15) is 5.25 Å². The first-order valence-electron chi connectivity index (χ1n) is 12.7. The third kappa shape index (κ3) is 5.54. The second-order valence-corrected chi connectivity index (χ2v) is 10.6. The summed E-state index contributed by atoms with van der Waals surface area (Å²) in [6.45, 7) is 2.62. The number of carbonyl (C=O) groups excluding carboxylic acids is 2. The number of fused-ring (bicyclic) bond motifs is 1. The van der Waals surface area contributed by atoms with Crippen LogP contribution < -0.4 is 5.32 Å². The lowest BCUT2D eigenvalue weighted by atomic mass is 9.97. The standard InChI is InChI=1S/C30H31N3O2S/c1-21-10-5-8-16-25(21)32-30-33(19-18-22-11-3-2-4-12-22)29(35)27(36-30)20-28(34)31-26-17-9-14-23-13-6-7-15-24(23)26/h5-11,13-17,27H,2-4,12,18-20H2,1H3,(H,31,34). The van der Waals surface area contributed by atoms with Gasteiger partial charge < -0.3 is 5.32 Å². The predicted octanol–water partition coefficient (Wildman–Crippen LogP) is 7.00. The molecule has 6 heteroatoms. The van der Waals surface area contributed by atoms with E-state index in [-0.39, 0.29) is 18.2 Å². The van der Waals surface area contributed by atoms with E-state index < -0.39 is 5.25 Å². The Hall–Kier alpha value is -3.38. The van der Waals surface area contributed by atoms with Crippen molar-refractivity contribution in [3.8, 4) is 0 Å². The summed E-state index contributed by atoms with van der Waals surface area (Å²) in [5.74, 6) is -0.193. The van der Waals surface area contributed by atoms with Gasteiger partial charge in [-0.25, -0.2) is 4.99 Å². The molecule has 1 fully saturated rings. The maximum Gasteiger partial charge on any atom is 0.242 e. The number of allylic oxidation sites excluding steroid dienone is 1. The highest BCUT2D eigenvalue weighted by molar-refractivity contribution is 8.15. The minimum Gasteiger partial charge on any atom is -0.325 e. The number of carbonyl (C=O) groups is 2. The number of amidine groups is 1. The van der Waals surface area contributed by atoms with Crippen molar-refractivity contribution in [3.63, 3.8) is 0 Å². The lowest BCUT2D eigenvalue weighted by Crippen LogP contribution is -2.34. The molecule has 1 N–H and O–H groups in total. The molecule has 5 rings (SSSR count). The van der Waals surface area contributed by atoms with Crippen LogP contribution in [0.2, 0.25) is 0 Å². The molecule has 0 aromatic heterocycles. The van der Waals surface area contributed by atoms with Gasteiger partial charge in [-0.2, -0.15) is 0 Å². The monoisotopic (exact) mass is 497 g/mol. The van der Waals surface area contributed by atoms with E-state index in [1.807, 2.05) is 73.7 Å². The first-order chi connectivity index (χ1) is 17.6. The second-order valence-electron chi connectivity index (χ2n) is 9.41. The van der Waals surface area contributed by atoms with Crippen molar-refractivity contribution in [2.45, 2.75) is 50.7 Å². The number of rotatable bonds is 7. The smallest absolute Gasteiger partial charge is 0.242 e. The lowest BCUT2D eigenvalue weighted by molar-refractivity contribution is -0.128. The van der Waals surface area contributed by atoms with E-state index in [0.717, 1.165) is 47.0 Å². The van der Waals surface area contributed by atoms with Crippen molar-refractivity contribution < 1.29 is 9.59 Å². The molecule has 2 amide bonds. The third-order valence-electron chi connectivity index (χ3n) is 6.83. The third-order valence-corrected chi connectivity index (χ3v) is 8.00. The zero-order valence-corrected chi connectivity index (χ0v) is 21.4. The summed E-state index contributed by atoms with van der Waals surface area (Å²) in [5.41, 5.74) is 4.11. The topological polar surface area (TPSA) is 61.8 Å². The Kier molecular flexibility index (Phi) is 7.52. The number of thioether (sulfide) groups is 1. The van der Waals surface area contributed by atoms with Gasteiger partial charge in [0.05, 0.1) is 5.69 Å². The van der Waals surface area contributed by atoms with Crippen molar-refractivity contribution in [2.24, 2.45) is 4.99 Å². The number of hydrogen-bond acceptors (Lipinski definition) is 4. The summed E-state index contributed by atoms with van der Waals surface area (Å²) in [6.07, 6.45) is 7.98. The van der Waals surface area contributed by atoms with Crippen LogP contribution in [-0.4, -0.2) is 33.7 Å². The number of benzene rings is 3. The van der Waals surface area contributed by atoms with E-state index in [0.29, 0.717) is 11.7 Å². The van der Waals surface area contributed by atoms with Gasteiger partial charge in [0.2, 0.25) is 11.8 Å². The largest absolute Gasteiger partial charge is 0.325 e. The van der Waals surface area contributed by atoms with Crippen LogP contribution in [0.15, 0.2) is 83.4 Å². The highest BCUT2D eigenvalue weighted by Crippen LogP contribution is 2.34. The number of anilines is 1. The van der Waals surface area contributed by atoms with Crippen molar-refractivity contribution >= 4 is 50.9 Å². The zero-order chi connectivity index (χ0) is 24.9. The quantitative estimate of drug-likeness (QED) is 0.358. The Morgan fingerprint density at radius 3 is 2.69 bits per heavy atom. The molecule has 3 aromatic rings. The molecule has 36 heavy (non-hydrogen) atoms. The normalized spacial score (nSPS) is 19.1. The summed E-state index contributed by atoms with van der Waals surface area (Å²) in [5, 5.41) is 5.29. The maximum absolute atomic E-state index is 13.5. The molecule has 1 aliphatic heterocycles. The summed E-state index contributed by atoms with van der Waals surface area (Å²) in [7, 11) is 0. The van der Waals surface area contributed by atoms with Gasteiger partial charge in [0, 0.05) is 24.0 Å². The van der Waals surface area contributed by atoms with Gasteiger partial charge in [-0.05, 0) is 62.1 Å². The minimum atomic E-state index is -0.483. The fourth-order valence-electron chi connectivity index (χ4n) is 4.81. The molecule has 1 unspecified atom stereocenters. The summed E-state index contributed by atoms with van der Waals surface area (Å²) < 4.78 is 0. The Morgan fingerprint density at radius 2 is 1.86 bits per heavy atom. The van der Waals surface area contributed by atoms with Crippen LogP contribution in [0, 0.1) is 6.92 Å². The van der Waals surface area contributed by atoms with Gasteiger partial charge in [0.25, 0.3) is 0 Å². The first kappa shape index (κ1) is 24.3. The van der Waals surface area contributed by atoms with Crippen molar-refractivity contribution in [3.05, 3.63) is 83.9 Å². The molecule has 184 valence electrons. The number of nitrogens with one attached hydrogen (secondary N) is 1. The molecule has 0 bridgehead atoms. The molecule has 1 heterocycles. The van der Waals surface area contributed by atoms with Crippen LogP contribution in [0.3, 0.4) is 0 Å². The summed E-state index contributed by atoms with van der Waals surface area (Å²) in [4.78, 5) is 33.2. The van der Waals surface area contributed by atoms with Crippen LogP contribution in [0.4, 0.5) is 11.4 Å². The lowest BCUT2D eigenvalue weighted by Gasteiger charge is -2.19.